The van der Waals surface area contributed by atoms with Crippen molar-refractivity contribution >= 4 is 11.9 Å². The Kier molecular flexibility index (Phi) is 10.0. The summed E-state index contributed by atoms with van der Waals surface area (Å²) >= 11 is 0. The number of nitrogens with one attached hydrogen (secondary N) is 1. The van der Waals surface area contributed by atoms with E-state index in [0.717, 1.165) is 44.1 Å². The number of benzene rings is 1. The Morgan fingerprint density at radius 1 is 1.33 bits per heavy atom. The van der Waals surface area contributed by atoms with Gasteiger partial charge in [-0.15, -0.1) is 0 Å². The second kappa shape index (κ2) is 12.5. The van der Waals surface area contributed by atoms with Crippen molar-refractivity contribution < 1.29 is 24.2 Å². The molecule has 0 aromatic heterocycles. The van der Waals surface area contributed by atoms with Crippen LogP contribution < -0.4 is 5.32 Å². The van der Waals surface area contributed by atoms with Gasteiger partial charge < -0.3 is 19.9 Å². The van der Waals surface area contributed by atoms with Crippen LogP contribution in [-0.2, 0) is 25.7 Å². The summed E-state index contributed by atoms with van der Waals surface area (Å²) < 4.78 is 9.97. The first-order valence-corrected chi connectivity index (χ1v) is 10.8. The zero-order valence-electron chi connectivity index (χ0n) is 18.1. The van der Waals surface area contributed by atoms with Crippen molar-refractivity contribution in [2.24, 2.45) is 5.92 Å². The number of unbranched alkanes of at least 4 members (excludes halogenated alkanes) is 1. The molecule has 0 radical (unpaired) electrons. The molecule has 0 amide bonds. The molecular weight excluding hydrogens is 382 g/mol. The number of allylic oxidation sites excluding steroid dienone is 1. The lowest BCUT2D eigenvalue weighted by Gasteiger charge is -2.38. The van der Waals surface area contributed by atoms with Crippen LogP contribution in [0.5, 0.6) is 0 Å². The van der Waals surface area contributed by atoms with E-state index in [-0.39, 0.29) is 30.0 Å². The Bertz CT molecular complexity index is 688. The van der Waals surface area contributed by atoms with E-state index in [4.69, 9.17) is 4.74 Å². The third kappa shape index (κ3) is 7.58. The van der Waals surface area contributed by atoms with Crippen LogP contribution in [0.2, 0.25) is 0 Å². The lowest BCUT2D eigenvalue weighted by molar-refractivity contribution is -0.145. The van der Waals surface area contributed by atoms with Crippen molar-refractivity contribution in [2.75, 3.05) is 13.7 Å². The van der Waals surface area contributed by atoms with Gasteiger partial charge in [-0.3, -0.25) is 4.79 Å². The maximum absolute atomic E-state index is 12.1. The van der Waals surface area contributed by atoms with Crippen molar-refractivity contribution in [3.8, 4) is 0 Å². The van der Waals surface area contributed by atoms with Crippen LogP contribution in [-0.4, -0.2) is 42.3 Å². The highest BCUT2D eigenvalue weighted by Crippen LogP contribution is 2.41. The molecule has 1 aliphatic carbocycles. The van der Waals surface area contributed by atoms with Gasteiger partial charge in [0.25, 0.3) is 0 Å². The van der Waals surface area contributed by atoms with Gasteiger partial charge in [-0.1, -0.05) is 42.8 Å². The Balaban J connectivity index is 1.83. The van der Waals surface area contributed by atoms with Gasteiger partial charge in [0.15, 0.2) is 0 Å². The quantitative estimate of drug-likeness (QED) is 0.307. The molecule has 2 N–H and O–H groups in total. The minimum atomic E-state index is -0.407. The lowest BCUT2D eigenvalue weighted by Crippen LogP contribution is -2.52. The molecule has 0 unspecified atom stereocenters. The predicted molar refractivity (Wildman–Crippen MR) is 116 cm³/mol. The van der Waals surface area contributed by atoms with Gasteiger partial charge in [0.1, 0.15) is 6.61 Å². The molecule has 0 saturated heterocycles. The zero-order valence-corrected chi connectivity index (χ0v) is 18.1. The second-order valence-corrected chi connectivity index (χ2v) is 8.04. The van der Waals surface area contributed by atoms with E-state index < -0.39 is 6.10 Å². The zero-order chi connectivity index (χ0) is 21.8. The molecule has 1 aliphatic rings. The highest BCUT2D eigenvalue weighted by atomic mass is 16.5. The molecule has 3 atom stereocenters. The molecule has 1 fully saturated rings. The third-order valence-corrected chi connectivity index (χ3v) is 5.93. The highest BCUT2D eigenvalue weighted by Gasteiger charge is 2.43. The average molecular weight is 418 g/mol. The SMILES string of the molecule is COC(=O)/C=C/CCC[C@@]1(NCCC(=O)OCc2ccccc2)CCC[C@@H]1[C@H](C)O. The maximum Gasteiger partial charge on any atom is 0.330 e. The van der Waals surface area contributed by atoms with Crippen LogP contribution in [0.1, 0.15) is 57.4 Å². The van der Waals surface area contributed by atoms with Crippen molar-refractivity contribution in [1.29, 1.82) is 0 Å². The summed E-state index contributed by atoms with van der Waals surface area (Å²) in [6, 6.07) is 9.64. The fraction of sp³-hybridized carbons (Fsp3) is 0.583. The minimum absolute atomic E-state index is 0.155. The lowest BCUT2D eigenvalue weighted by atomic mass is 9.79. The minimum Gasteiger partial charge on any atom is -0.466 e. The summed E-state index contributed by atoms with van der Waals surface area (Å²) in [7, 11) is 1.36. The number of hydrogen-bond donors (Lipinski definition) is 2. The number of hydrogen-bond acceptors (Lipinski definition) is 6. The molecule has 0 aliphatic heterocycles. The number of esters is 2. The van der Waals surface area contributed by atoms with E-state index in [0.29, 0.717) is 13.0 Å². The first-order valence-electron chi connectivity index (χ1n) is 10.8. The van der Waals surface area contributed by atoms with Gasteiger partial charge in [0, 0.05) is 24.1 Å². The van der Waals surface area contributed by atoms with E-state index in [9.17, 15) is 14.7 Å². The maximum atomic E-state index is 12.1. The molecule has 2 rings (SSSR count). The summed E-state index contributed by atoms with van der Waals surface area (Å²) in [6.07, 6.45) is 8.71. The monoisotopic (exact) mass is 417 g/mol. The highest BCUT2D eigenvalue weighted by molar-refractivity contribution is 5.81. The Hall–Kier alpha value is -2.18. The summed E-state index contributed by atoms with van der Waals surface area (Å²) in [5.74, 6) is -0.420. The molecule has 1 aromatic rings. The fourth-order valence-electron chi connectivity index (χ4n) is 4.43. The van der Waals surface area contributed by atoms with Gasteiger partial charge in [0.05, 0.1) is 19.6 Å². The van der Waals surface area contributed by atoms with E-state index in [1.165, 1.54) is 13.2 Å². The normalized spacial score (nSPS) is 22.2. The van der Waals surface area contributed by atoms with E-state index in [2.05, 4.69) is 10.1 Å². The van der Waals surface area contributed by atoms with Crippen molar-refractivity contribution in [3.63, 3.8) is 0 Å². The van der Waals surface area contributed by atoms with Crippen LogP contribution in [0.15, 0.2) is 42.5 Å². The predicted octanol–water partition coefficient (Wildman–Crippen LogP) is 3.53. The van der Waals surface area contributed by atoms with Crippen LogP contribution in [0.4, 0.5) is 0 Å². The van der Waals surface area contributed by atoms with Crippen LogP contribution in [0, 0.1) is 5.92 Å². The molecule has 30 heavy (non-hydrogen) atoms. The molecule has 1 aromatic carbocycles. The largest absolute Gasteiger partial charge is 0.466 e. The van der Waals surface area contributed by atoms with Gasteiger partial charge in [-0.2, -0.15) is 0 Å². The van der Waals surface area contributed by atoms with Crippen molar-refractivity contribution in [2.45, 2.75) is 70.1 Å². The average Bonchev–Trinajstić information content (AvgIpc) is 3.16. The second-order valence-electron chi connectivity index (χ2n) is 8.04. The summed E-state index contributed by atoms with van der Waals surface area (Å²) in [5, 5.41) is 13.9. The van der Waals surface area contributed by atoms with Crippen LogP contribution in [0.3, 0.4) is 0 Å². The molecule has 6 nitrogen and oxygen atoms in total. The van der Waals surface area contributed by atoms with Crippen molar-refractivity contribution in [1.82, 2.24) is 5.32 Å². The number of rotatable bonds is 12. The molecular formula is C24H35NO5. The molecule has 6 heteroatoms. The number of aliphatic hydroxyl groups excluding tert-OH is 1. The van der Waals surface area contributed by atoms with Gasteiger partial charge in [0.2, 0.25) is 0 Å². The molecule has 0 spiro atoms. The molecule has 166 valence electrons. The topological polar surface area (TPSA) is 84.9 Å². The first kappa shape index (κ1) is 24.1. The van der Waals surface area contributed by atoms with E-state index in [1.54, 1.807) is 0 Å². The van der Waals surface area contributed by atoms with Gasteiger partial charge >= 0.3 is 11.9 Å². The molecule has 1 saturated carbocycles. The Morgan fingerprint density at radius 2 is 2.10 bits per heavy atom. The fourth-order valence-corrected chi connectivity index (χ4v) is 4.43. The van der Waals surface area contributed by atoms with Gasteiger partial charge in [-0.25, -0.2) is 4.79 Å². The number of aliphatic hydroxyl groups is 1. The van der Waals surface area contributed by atoms with E-state index >= 15 is 0 Å². The van der Waals surface area contributed by atoms with E-state index in [1.807, 2.05) is 43.3 Å². The van der Waals surface area contributed by atoms with Crippen LogP contribution in [0.25, 0.3) is 0 Å². The number of carbonyl (C=O) groups is 2. The third-order valence-electron chi connectivity index (χ3n) is 5.93. The molecule has 0 heterocycles. The van der Waals surface area contributed by atoms with Crippen molar-refractivity contribution in [3.05, 3.63) is 48.0 Å². The number of methoxy groups -OCH3 is 1. The standard InChI is InChI=1S/C24H35NO5/c1-19(26)21-12-9-16-24(21,15-8-4-7-13-22(27)29-2)25-17-14-23(28)30-18-20-10-5-3-6-11-20/h3,5-7,10-11,13,19,21,25-26H,4,8-9,12,14-18H2,1-2H3/b13-7+/t19-,21+,24+/m0/s1. The summed E-state index contributed by atoms with van der Waals surface area (Å²) in [5.41, 5.74) is 0.785. The summed E-state index contributed by atoms with van der Waals surface area (Å²) in [4.78, 5) is 23.3. The number of carbonyl (C=O) groups excluding carboxylic acids is 2. The Labute approximate surface area is 179 Å². The van der Waals surface area contributed by atoms with Crippen LogP contribution >= 0.6 is 0 Å². The summed E-state index contributed by atoms with van der Waals surface area (Å²) in [6.45, 7) is 2.65. The smallest absolute Gasteiger partial charge is 0.330 e. The molecule has 0 bridgehead atoms. The van der Waals surface area contributed by atoms with Gasteiger partial charge in [-0.05, 0) is 44.6 Å². The first-order chi connectivity index (χ1) is 14.5. The number of ether oxygens (including phenoxy) is 2. The Morgan fingerprint density at radius 3 is 2.80 bits per heavy atom.